The fourth-order valence-electron chi connectivity index (χ4n) is 2.23. The quantitative estimate of drug-likeness (QED) is 0.786. The predicted molar refractivity (Wildman–Crippen MR) is 91.2 cm³/mol. The summed E-state index contributed by atoms with van der Waals surface area (Å²) in [6, 6.07) is 10.2. The lowest BCUT2D eigenvalue weighted by molar-refractivity contribution is 0.0931. The first kappa shape index (κ1) is 16.6. The second kappa shape index (κ2) is 8.66. The van der Waals surface area contributed by atoms with E-state index in [9.17, 15) is 4.79 Å². The van der Waals surface area contributed by atoms with E-state index in [0.717, 1.165) is 30.7 Å². The van der Waals surface area contributed by atoms with Crippen LogP contribution in [0.15, 0.2) is 35.7 Å². The molecule has 0 aliphatic heterocycles. The van der Waals surface area contributed by atoms with Crippen molar-refractivity contribution in [2.24, 2.45) is 5.73 Å². The van der Waals surface area contributed by atoms with Gasteiger partial charge >= 0.3 is 0 Å². The zero-order valence-electron chi connectivity index (χ0n) is 12.9. The van der Waals surface area contributed by atoms with Crippen LogP contribution < -0.4 is 11.1 Å². The Balaban J connectivity index is 1.94. The van der Waals surface area contributed by atoms with E-state index in [0.29, 0.717) is 12.2 Å². The summed E-state index contributed by atoms with van der Waals surface area (Å²) in [5.41, 5.74) is 7.41. The molecule has 5 heteroatoms. The molecule has 0 spiro atoms. The van der Waals surface area contributed by atoms with Gasteiger partial charge in [-0.25, -0.2) is 4.98 Å². The van der Waals surface area contributed by atoms with Gasteiger partial charge in [0.25, 0.3) is 5.91 Å². The number of rotatable bonds is 8. The van der Waals surface area contributed by atoms with E-state index >= 15 is 0 Å². The van der Waals surface area contributed by atoms with Crippen molar-refractivity contribution < 1.29 is 4.79 Å². The van der Waals surface area contributed by atoms with Crippen LogP contribution in [0.5, 0.6) is 0 Å². The van der Waals surface area contributed by atoms with Crippen LogP contribution in [-0.4, -0.2) is 23.5 Å². The molecular formula is C17H23N3OS. The van der Waals surface area contributed by atoms with Gasteiger partial charge in [-0.2, -0.15) is 0 Å². The monoisotopic (exact) mass is 317 g/mol. The van der Waals surface area contributed by atoms with Crippen molar-refractivity contribution >= 4 is 17.2 Å². The number of thiazole rings is 1. The van der Waals surface area contributed by atoms with Gasteiger partial charge in [0.1, 0.15) is 5.69 Å². The summed E-state index contributed by atoms with van der Waals surface area (Å²) >= 11 is 1.52. The van der Waals surface area contributed by atoms with Crippen molar-refractivity contribution in [1.29, 1.82) is 0 Å². The SMILES string of the molecule is CCCCC(CN)NC(=O)c1csc(Cc2ccccc2)n1. The summed E-state index contributed by atoms with van der Waals surface area (Å²) in [6.07, 6.45) is 3.84. The Morgan fingerprint density at radius 3 is 2.82 bits per heavy atom. The third kappa shape index (κ3) is 4.93. The largest absolute Gasteiger partial charge is 0.347 e. The van der Waals surface area contributed by atoms with Crippen LogP contribution in [0.2, 0.25) is 0 Å². The van der Waals surface area contributed by atoms with Gasteiger partial charge in [0.15, 0.2) is 0 Å². The third-order valence-electron chi connectivity index (χ3n) is 3.51. The minimum Gasteiger partial charge on any atom is -0.347 e. The maximum absolute atomic E-state index is 12.2. The highest BCUT2D eigenvalue weighted by atomic mass is 32.1. The number of hydrogen-bond donors (Lipinski definition) is 2. The van der Waals surface area contributed by atoms with Gasteiger partial charge in [0, 0.05) is 24.4 Å². The Bertz CT molecular complexity index is 583. The standard InChI is InChI=1S/C17H23N3OS/c1-2-3-9-14(11-18)19-17(21)15-12-22-16(20-15)10-13-7-5-4-6-8-13/h4-8,12,14H,2-3,9-11,18H2,1H3,(H,19,21). The van der Waals surface area contributed by atoms with Crippen molar-refractivity contribution in [3.05, 3.63) is 52.0 Å². The molecule has 4 nitrogen and oxygen atoms in total. The van der Waals surface area contributed by atoms with Crippen LogP contribution in [0, 0.1) is 0 Å². The van der Waals surface area contributed by atoms with Crippen LogP contribution in [0.25, 0.3) is 0 Å². The number of benzene rings is 1. The Morgan fingerprint density at radius 1 is 1.36 bits per heavy atom. The Labute approximate surface area is 135 Å². The fourth-order valence-corrected chi connectivity index (χ4v) is 3.03. The van der Waals surface area contributed by atoms with E-state index in [-0.39, 0.29) is 11.9 Å². The van der Waals surface area contributed by atoms with E-state index in [2.05, 4.69) is 29.4 Å². The second-order valence-electron chi connectivity index (χ2n) is 5.34. The molecule has 2 aromatic rings. The number of amides is 1. The van der Waals surface area contributed by atoms with Crippen LogP contribution in [-0.2, 0) is 6.42 Å². The highest BCUT2D eigenvalue weighted by Crippen LogP contribution is 2.15. The molecule has 0 bridgehead atoms. The van der Waals surface area contributed by atoms with Crippen LogP contribution in [0.1, 0.15) is 47.2 Å². The topological polar surface area (TPSA) is 68.0 Å². The summed E-state index contributed by atoms with van der Waals surface area (Å²) in [5, 5.41) is 5.75. The molecule has 0 aliphatic rings. The first-order valence-electron chi connectivity index (χ1n) is 7.72. The number of nitrogens with two attached hydrogens (primary N) is 1. The average Bonchev–Trinajstić information content (AvgIpc) is 3.01. The summed E-state index contributed by atoms with van der Waals surface area (Å²) in [6.45, 7) is 2.60. The first-order valence-corrected chi connectivity index (χ1v) is 8.60. The van der Waals surface area contributed by atoms with E-state index in [4.69, 9.17) is 5.73 Å². The predicted octanol–water partition coefficient (Wildman–Crippen LogP) is 2.98. The van der Waals surface area contributed by atoms with Gasteiger partial charge < -0.3 is 11.1 Å². The molecule has 1 aromatic carbocycles. The van der Waals surface area contributed by atoms with Crippen molar-refractivity contribution in [3.63, 3.8) is 0 Å². The molecule has 22 heavy (non-hydrogen) atoms. The molecule has 0 aliphatic carbocycles. The molecule has 1 aromatic heterocycles. The second-order valence-corrected chi connectivity index (χ2v) is 6.28. The Kier molecular flexibility index (Phi) is 6.55. The minimum atomic E-state index is -0.123. The first-order chi connectivity index (χ1) is 10.7. The molecule has 1 heterocycles. The molecule has 118 valence electrons. The summed E-state index contributed by atoms with van der Waals surface area (Å²) < 4.78 is 0. The molecule has 0 saturated carbocycles. The number of hydrogen-bond acceptors (Lipinski definition) is 4. The van der Waals surface area contributed by atoms with Crippen molar-refractivity contribution in [2.75, 3.05) is 6.54 Å². The minimum absolute atomic E-state index is 0.0340. The lowest BCUT2D eigenvalue weighted by Gasteiger charge is -2.15. The highest BCUT2D eigenvalue weighted by Gasteiger charge is 2.15. The average molecular weight is 317 g/mol. The zero-order valence-corrected chi connectivity index (χ0v) is 13.7. The molecule has 1 amide bonds. The lowest BCUT2D eigenvalue weighted by atomic mass is 10.1. The van der Waals surface area contributed by atoms with Crippen LogP contribution in [0.3, 0.4) is 0 Å². The Hall–Kier alpha value is -1.72. The van der Waals surface area contributed by atoms with Crippen molar-refractivity contribution in [1.82, 2.24) is 10.3 Å². The van der Waals surface area contributed by atoms with Crippen molar-refractivity contribution in [2.45, 2.75) is 38.6 Å². The molecule has 0 radical (unpaired) electrons. The third-order valence-corrected chi connectivity index (χ3v) is 4.36. The van der Waals surface area contributed by atoms with Crippen LogP contribution >= 0.6 is 11.3 Å². The molecule has 0 fully saturated rings. The number of nitrogens with one attached hydrogen (secondary N) is 1. The van der Waals surface area contributed by atoms with Gasteiger partial charge in [-0.05, 0) is 12.0 Å². The summed E-state index contributed by atoms with van der Waals surface area (Å²) in [4.78, 5) is 16.7. The molecule has 1 unspecified atom stereocenters. The zero-order chi connectivity index (χ0) is 15.8. The number of carbonyl (C=O) groups excluding carboxylic acids is 1. The number of aromatic nitrogens is 1. The highest BCUT2D eigenvalue weighted by molar-refractivity contribution is 7.09. The molecule has 0 saturated heterocycles. The summed E-state index contributed by atoms with van der Waals surface area (Å²) in [7, 11) is 0. The van der Waals surface area contributed by atoms with E-state index in [1.165, 1.54) is 16.9 Å². The van der Waals surface area contributed by atoms with E-state index < -0.39 is 0 Å². The van der Waals surface area contributed by atoms with Gasteiger partial charge in [-0.15, -0.1) is 11.3 Å². The van der Waals surface area contributed by atoms with E-state index in [1.807, 2.05) is 23.6 Å². The van der Waals surface area contributed by atoms with Gasteiger partial charge in [0.05, 0.1) is 5.01 Å². The maximum atomic E-state index is 12.2. The number of nitrogens with zero attached hydrogens (tertiary/aromatic N) is 1. The number of unbranched alkanes of at least 4 members (excludes halogenated alkanes) is 1. The maximum Gasteiger partial charge on any atom is 0.271 e. The molecule has 3 N–H and O–H groups in total. The van der Waals surface area contributed by atoms with Crippen molar-refractivity contribution in [3.8, 4) is 0 Å². The smallest absolute Gasteiger partial charge is 0.271 e. The lowest BCUT2D eigenvalue weighted by Crippen LogP contribution is -2.40. The van der Waals surface area contributed by atoms with Crippen LogP contribution in [0.4, 0.5) is 0 Å². The summed E-state index contributed by atoms with van der Waals surface area (Å²) in [5.74, 6) is -0.123. The number of carbonyl (C=O) groups is 1. The molecule has 1 atom stereocenters. The molecular weight excluding hydrogens is 294 g/mol. The molecule has 2 rings (SSSR count). The normalized spacial score (nSPS) is 12.1. The fraction of sp³-hybridized carbons (Fsp3) is 0.412. The van der Waals surface area contributed by atoms with Gasteiger partial charge in [-0.1, -0.05) is 50.1 Å². The van der Waals surface area contributed by atoms with Gasteiger partial charge in [0.2, 0.25) is 0 Å². The van der Waals surface area contributed by atoms with Gasteiger partial charge in [-0.3, -0.25) is 4.79 Å². The Morgan fingerprint density at radius 2 is 2.14 bits per heavy atom. The van der Waals surface area contributed by atoms with E-state index in [1.54, 1.807) is 0 Å².